The number of aliphatic hydroxyl groups excluding tert-OH is 1. The van der Waals surface area contributed by atoms with Gasteiger partial charge in [0.05, 0.1) is 19.0 Å². The van der Waals surface area contributed by atoms with E-state index in [-0.39, 0.29) is 24.3 Å². The van der Waals surface area contributed by atoms with Crippen molar-refractivity contribution in [2.75, 3.05) is 24.7 Å². The van der Waals surface area contributed by atoms with Gasteiger partial charge in [0.15, 0.2) is 28.9 Å². The fourth-order valence-electron chi connectivity index (χ4n) is 4.14. The molecule has 3 heterocycles. The second-order valence-corrected chi connectivity index (χ2v) is 12.8. The lowest BCUT2D eigenvalue weighted by Gasteiger charge is -2.28. The number of alkyl halides is 1. The molecule has 6 atom stereocenters. The molecule has 0 radical (unpaired) electrons. The number of hydrogen-bond donors (Lipinski definition) is 4. The van der Waals surface area contributed by atoms with E-state index in [0.29, 0.717) is 17.1 Å². The summed E-state index contributed by atoms with van der Waals surface area (Å²) in [5, 5.41) is 16.7. The average molecular weight is 598 g/mol. The molecular formula is C24H33FN7O6PS. The molecule has 13 nitrogen and oxygen atoms in total. The van der Waals surface area contributed by atoms with Crippen molar-refractivity contribution in [2.45, 2.75) is 63.9 Å². The maximum absolute atomic E-state index is 16.0. The van der Waals surface area contributed by atoms with Gasteiger partial charge in [-0.3, -0.25) is 9.36 Å². The van der Waals surface area contributed by atoms with Crippen molar-refractivity contribution in [3.05, 3.63) is 36.7 Å². The Morgan fingerprint density at radius 3 is 2.67 bits per heavy atom. The number of benzene rings is 1. The fourth-order valence-corrected chi connectivity index (χ4v) is 6.55. The molecule has 0 bridgehead atoms. The minimum Gasteiger partial charge on any atom is -0.462 e. The summed E-state index contributed by atoms with van der Waals surface area (Å²) in [5.74, 6) is 0.154. The quantitative estimate of drug-likeness (QED) is 0.188. The first-order valence-corrected chi connectivity index (χ1v) is 15.2. The topological polar surface area (TPSA) is 168 Å². The summed E-state index contributed by atoms with van der Waals surface area (Å²) < 4.78 is 40.5. The highest BCUT2D eigenvalue weighted by molar-refractivity contribution is 8.09. The van der Waals surface area contributed by atoms with Gasteiger partial charge in [0, 0.05) is 7.05 Å². The number of rotatable bonds is 11. The third-order valence-corrected chi connectivity index (χ3v) is 8.58. The predicted molar refractivity (Wildman–Crippen MR) is 150 cm³/mol. The first-order chi connectivity index (χ1) is 18.8. The first kappa shape index (κ1) is 30.0. The van der Waals surface area contributed by atoms with E-state index < -0.39 is 42.8 Å². The van der Waals surface area contributed by atoms with Crippen LogP contribution in [0.1, 0.15) is 33.9 Å². The number of imidazole rings is 1. The van der Waals surface area contributed by atoms with Gasteiger partial charge in [-0.15, -0.1) is 0 Å². The lowest BCUT2D eigenvalue weighted by molar-refractivity contribution is -0.149. The van der Waals surface area contributed by atoms with Crippen LogP contribution in [-0.2, 0) is 30.6 Å². The molecule has 4 rings (SSSR count). The number of hydrogen-bond acceptors (Lipinski definition) is 12. The van der Waals surface area contributed by atoms with Crippen LogP contribution < -0.4 is 20.7 Å². The molecule has 0 saturated carbocycles. The summed E-state index contributed by atoms with van der Waals surface area (Å²) in [7, 11) is 1.64. The second-order valence-electron chi connectivity index (χ2n) is 9.66. The number of nitrogens with one attached hydrogen (secondary N) is 2. The Balaban J connectivity index is 1.56. The average Bonchev–Trinajstić information content (AvgIpc) is 3.40. The highest BCUT2D eigenvalue weighted by Crippen LogP contribution is 2.48. The molecule has 40 heavy (non-hydrogen) atoms. The second kappa shape index (κ2) is 11.9. The van der Waals surface area contributed by atoms with Crippen LogP contribution in [0, 0.1) is 0 Å². The Hall–Kier alpha value is -2.94. The Bertz CT molecular complexity index is 1390. The van der Waals surface area contributed by atoms with Crippen molar-refractivity contribution >= 4 is 47.3 Å². The van der Waals surface area contributed by atoms with Gasteiger partial charge in [0.2, 0.25) is 5.95 Å². The third kappa shape index (κ3) is 6.35. The predicted octanol–water partition coefficient (Wildman–Crippen LogP) is 2.69. The summed E-state index contributed by atoms with van der Waals surface area (Å²) in [5.41, 5.74) is 4.11. The van der Waals surface area contributed by atoms with E-state index in [1.165, 1.54) is 17.8 Å². The first-order valence-electron chi connectivity index (χ1n) is 12.5. The molecule has 1 fully saturated rings. The number of nitrogens with zero attached hydrogens (tertiary/aromatic N) is 4. The molecule has 3 aromatic rings. The standard InChI is InChI=1S/C24H33FN7O6PS/c1-13(2)36-21(34)14(3)31-39(40,38-15-9-7-6-8-10-15)35-11-16-18(33)24(4,25)22(37-16)32-12-28-17-19(27-5)29-23(26)30-20(17)32/h6-10,12-14,16,18,22,33H,11H2,1-5H3,(H,31,40)(H3,26,27,29,30)/t14-,16+,18+,22+,24+,39-/m0/s1. The van der Waals surface area contributed by atoms with Crippen LogP contribution in [0.25, 0.3) is 11.2 Å². The van der Waals surface area contributed by atoms with Gasteiger partial charge < -0.3 is 34.7 Å². The molecule has 5 N–H and O–H groups in total. The summed E-state index contributed by atoms with van der Waals surface area (Å²) >= 11 is 5.70. The van der Waals surface area contributed by atoms with Gasteiger partial charge in [-0.25, -0.2) is 14.5 Å². The minimum atomic E-state index is -3.45. The highest BCUT2D eigenvalue weighted by Gasteiger charge is 2.56. The molecule has 0 unspecified atom stereocenters. The number of anilines is 2. The van der Waals surface area contributed by atoms with Gasteiger partial charge in [-0.05, 0) is 51.6 Å². The summed E-state index contributed by atoms with van der Waals surface area (Å²) in [6, 6.07) is 7.77. The van der Waals surface area contributed by atoms with E-state index in [0.717, 1.165) is 0 Å². The normalized spacial score (nSPS) is 25.1. The van der Waals surface area contributed by atoms with Gasteiger partial charge in [0.25, 0.3) is 0 Å². The van der Waals surface area contributed by atoms with E-state index in [9.17, 15) is 9.90 Å². The van der Waals surface area contributed by atoms with Crippen molar-refractivity contribution in [1.29, 1.82) is 0 Å². The molecular weight excluding hydrogens is 564 g/mol. The number of fused-ring (bicyclic) bond motifs is 1. The maximum Gasteiger partial charge on any atom is 0.323 e. The number of carbonyl (C=O) groups excluding carboxylic acids is 1. The van der Waals surface area contributed by atoms with Crippen LogP contribution in [0.5, 0.6) is 5.75 Å². The molecule has 0 aliphatic carbocycles. The van der Waals surface area contributed by atoms with Gasteiger partial charge in [-0.2, -0.15) is 9.97 Å². The molecule has 1 aliphatic heterocycles. The number of nitrogen functional groups attached to an aromatic ring is 1. The zero-order chi connectivity index (χ0) is 29.2. The zero-order valence-electron chi connectivity index (χ0n) is 22.6. The SMILES string of the molecule is CNc1nc(N)nc2c1ncn2[C@@H]1O[C@H](CO[P@@](=S)(N[C@@H](C)C(=O)OC(C)C)Oc2ccccc2)[C@@H](O)[C@@]1(C)F. The molecule has 1 aliphatic rings. The van der Waals surface area contributed by atoms with Crippen molar-refractivity contribution in [2.24, 2.45) is 0 Å². The Labute approximate surface area is 235 Å². The zero-order valence-corrected chi connectivity index (χ0v) is 24.4. The van der Waals surface area contributed by atoms with Gasteiger partial charge in [0.1, 0.15) is 24.0 Å². The minimum absolute atomic E-state index is 0.0486. The number of halogens is 1. The number of aliphatic hydroxyl groups is 1. The van der Waals surface area contributed by atoms with Gasteiger partial charge in [-0.1, -0.05) is 18.2 Å². The van der Waals surface area contributed by atoms with E-state index in [4.69, 9.17) is 36.1 Å². The Kier molecular flexibility index (Phi) is 8.93. The van der Waals surface area contributed by atoms with Crippen molar-refractivity contribution in [3.63, 3.8) is 0 Å². The van der Waals surface area contributed by atoms with E-state index >= 15 is 4.39 Å². The largest absolute Gasteiger partial charge is 0.462 e. The Morgan fingerprint density at radius 2 is 2.02 bits per heavy atom. The molecule has 0 spiro atoms. The van der Waals surface area contributed by atoms with E-state index in [1.54, 1.807) is 58.2 Å². The smallest absolute Gasteiger partial charge is 0.323 e. The van der Waals surface area contributed by atoms with Crippen LogP contribution in [-0.4, -0.2) is 74.3 Å². The fraction of sp³-hybridized carbons (Fsp3) is 0.500. The third-order valence-electron chi connectivity index (χ3n) is 6.08. The number of para-hydroxylation sites is 1. The van der Waals surface area contributed by atoms with Gasteiger partial charge >= 0.3 is 12.6 Å². The number of nitrogens with two attached hydrogens (primary N) is 1. The molecule has 2 aromatic heterocycles. The lowest BCUT2D eigenvalue weighted by Crippen LogP contribution is -2.41. The molecule has 218 valence electrons. The molecule has 0 amide bonds. The number of carbonyl (C=O) groups is 1. The summed E-state index contributed by atoms with van der Waals surface area (Å²) in [6.07, 6.45) is -3.12. The van der Waals surface area contributed by atoms with Crippen LogP contribution in [0.15, 0.2) is 36.7 Å². The number of ether oxygens (including phenoxy) is 2. The number of aromatic nitrogens is 4. The summed E-state index contributed by atoms with van der Waals surface area (Å²) in [6.45, 7) is 2.42. The van der Waals surface area contributed by atoms with Crippen molar-refractivity contribution in [1.82, 2.24) is 24.6 Å². The molecule has 1 saturated heterocycles. The molecule has 1 aromatic carbocycles. The van der Waals surface area contributed by atoms with Crippen LogP contribution in [0.2, 0.25) is 0 Å². The van der Waals surface area contributed by atoms with E-state index in [1.807, 2.05) is 0 Å². The van der Waals surface area contributed by atoms with Crippen LogP contribution in [0.4, 0.5) is 16.2 Å². The Morgan fingerprint density at radius 1 is 1.32 bits per heavy atom. The number of esters is 1. The van der Waals surface area contributed by atoms with Crippen LogP contribution >= 0.6 is 6.64 Å². The monoisotopic (exact) mass is 597 g/mol. The van der Waals surface area contributed by atoms with E-state index in [2.05, 4.69) is 25.4 Å². The van der Waals surface area contributed by atoms with Crippen molar-refractivity contribution in [3.8, 4) is 5.75 Å². The highest BCUT2D eigenvalue weighted by atomic mass is 32.5. The molecule has 16 heteroatoms. The maximum atomic E-state index is 16.0. The van der Waals surface area contributed by atoms with Crippen molar-refractivity contribution < 1.29 is 32.8 Å². The van der Waals surface area contributed by atoms with Crippen LogP contribution in [0.3, 0.4) is 0 Å². The summed E-state index contributed by atoms with van der Waals surface area (Å²) in [4.78, 5) is 25.0. The lowest BCUT2D eigenvalue weighted by atomic mass is 9.98.